The molecule has 10 rings (SSSR count). The van der Waals surface area contributed by atoms with Gasteiger partial charge in [0.15, 0.2) is 5.75 Å². The molecule has 0 saturated carbocycles. The van der Waals surface area contributed by atoms with Gasteiger partial charge in [-0.2, -0.15) is 0 Å². The minimum Gasteiger partial charge on any atom is -0.455 e. The van der Waals surface area contributed by atoms with E-state index in [1.165, 1.54) is 53.6 Å². The van der Waals surface area contributed by atoms with Crippen molar-refractivity contribution < 1.29 is 4.74 Å². The van der Waals surface area contributed by atoms with Gasteiger partial charge in [0.25, 0.3) is 0 Å². The van der Waals surface area contributed by atoms with Gasteiger partial charge in [-0.05, 0) is 75.8 Å². The zero-order chi connectivity index (χ0) is 30.2. The molecule has 7 aromatic carbocycles. The molecule has 1 spiro atoms. The number of hydrogen-bond donors (Lipinski definition) is 0. The van der Waals surface area contributed by atoms with Crippen molar-refractivity contribution in [2.24, 2.45) is 0 Å². The molecule has 0 bridgehead atoms. The van der Waals surface area contributed by atoms with Crippen LogP contribution in [0.5, 0.6) is 11.5 Å². The van der Waals surface area contributed by atoms with E-state index in [9.17, 15) is 0 Å². The predicted octanol–water partition coefficient (Wildman–Crippen LogP) is 11.9. The van der Waals surface area contributed by atoms with E-state index in [4.69, 9.17) is 4.74 Å². The second-order valence-corrected chi connectivity index (χ2v) is 13.1. The Morgan fingerprint density at radius 1 is 0.457 bits per heavy atom. The molecule has 3 heteroatoms. The molecule has 2 nitrogen and oxygen atoms in total. The second-order valence-electron chi connectivity index (χ2n) is 12.0. The summed E-state index contributed by atoms with van der Waals surface area (Å²) in [6, 6.07) is 59.3. The van der Waals surface area contributed by atoms with Gasteiger partial charge in [-0.15, -0.1) is 11.3 Å². The van der Waals surface area contributed by atoms with Gasteiger partial charge in [0.1, 0.15) is 11.3 Å². The Bertz CT molecular complexity index is 2430. The number of anilines is 2. The van der Waals surface area contributed by atoms with Crippen LogP contribution in [0.4, 0.5) is 11.4 Å². The Hall–Kier alpha value is -5.64. The van der Waals surface area contributed by atoms with E-state index in [2.05, 4.69) is 169 Å². The van der Waals surface area contributed by atoms with Crippen molar-refractivity contribution in [3.8, 4) is 33.8 Å². The quantitative estimate of drug-likeness (QED) is 0.194. The summed E-state index contributed by atoms with van der Waals surface area (Å²) in [7, 11) is 0. The molecule has 1 aliphatic carbocycles. The third-order valence-electron chi connectivity index (χ3n) is 9.70. The fourth-order valence-corrected chi connectivity index (χ4v) is 9.02. The lowest BCUT2D eigenvalue weighted by molar-refractivity contribution is 0.480. The molecule has 8 aromatic rings. The van der Waals surface area contributed by atoms with E-state index in [1.54, 1.807) is 0 Å². The Morgan fingerprint density at radius 3 is 1.83 bits per heavy atom. The van der Waals surface area contributed by atoms with Crippen LogP contribution in [0.15, 0.2) is 164 Å². The predicted molar refractivity (Wildman–Crippen MR) is 192 cm³/mol. The van der Waals surface area contributed by atoms with Crippen LogP contribution in [0.1, 0.15) is 16.7 Å². The van der Waals surface area contributed by atoms with E-state index < -0.39 is 5.54 Å². The van der Waals surface area contributed by atoms with E-state index in [0.717, 1.165) is 28.4 Å². The number of nitrogens with zero attached hydrogens (tertiary/aromatic N) is 1. The van der Waals surface area contributed by atoms with Crippen molar-refractivity contribution in [2.45, 2.75) is 5.54 Å². The first-order chi connectivity index (χ1) is 22.8. The lowest BCUT2D eigenvalue weighted by Crippen LogP contribution is -2.43. The van der Waals surface area contributed by atoms with E-state index in [-0.39, 0.29) is 0 Å². The molecular formula is C43H27NOS. The molecule has 1 aromatic heterocycles. The van der Waals surface area contributed by atoms with Gasteiger partial charge < -0.3 is 9.64 Å². The lowest BCUT2D eigenvalue weighted by Gasteiger charge is -2.44. The SMILES string of the molecule is c1ccc2c(c1)Oc1ccccc1C1(c3ccccc3-c3ccccc31)N2c1ccc(-c2cccc3sc4ccccc4c23)cc1. The van der Waals surface area contributed by atoms with Gasteiger partial charge >= 0.3 is 0 Å². The van der Waals surface area contributed by atoms with Crippen LogP contribution < -0.4 is 9.64 Å². The maximum Gasteiger partial charge on any atom is 0.151 e. The highest BCUT2D eigenvalue weighted by Crippen LogP contribution is 2.62. The van der Waals surface area contributed by atoms with Crippen LogP contribution in [-0.2, 0) is 5.54 Å². The molecular weight excluding hydrogens is 579 g/mol. The van der Waals surface area contributed by atoms with E-state index in [0.29, 0.717) is 0 Å². The average Bonchev–Trinajstić information content (AvgIpc) is 3.60. The number of hydrogen-bond acceptors (Lipinski definition) is 3. The van der Waals surface area contributed by atoms with Crippen molar-refractivity contribution in [3.05, 3.63) is 180 Å². The summed E-state index contributed by atoms with van der Waals surface area (Å²) in [4.78, 5) is 2.52. The Morgan fingerprint density at radius 2 is 1.04 bits per heavy atom. The topological polar surface area (TPSA) is 12.5 Å². The fourth-order valence-electron chi connectivity index (χ4n) is 7.88. The summed E-state index contributed by atoms with van der Waals surface area (Å²) in [5.41, 5.74) is 10.1. The molecule has 0 radical (unpaired) electrons. The van der Waals surface area contributed by atoms with Crippen LogP contribution in [-0.4, -0.2) is 0 Å². The monoisotopic (exact) mass is 605 g/mol. The molecule has 2 aliphatic rings. The molecule has 0 fully saturated rings. The van der Waals surface area contributed by atoms with Crippen LogP contribution in [0, 0.1) is 0 Å². The molecule has 0 N–H and O–H groups in total. The maximum absolute atomic E-state index is 6.80. The molecule has 0 saturated heterocycles. The number of rotatable bonds is 2. The van der Waals surface area contributed by atoms with Crippen molar-refractivity contribution in [1.29, 1.82) is 0 Å². The highest BCUT2D eigenvalue weighted by atomic mass is 32.1. The van der Waals surface area contributed by atoms with E-state index in [1.807, 2.05) is 11.3 Å². The highest BCUT2D eigenvalue weighted by Gasteiger charge is 2.53. The number of thiophene rings is 1. The minimum atomic E-state index is -0.651. The largest absolute Gasteiger partial charge is 0.455 e. The van der Waals surface area contributed by atoms with Gasteiger partial charge in [0.05, 0.1) is 5.69 Å². The van der Waals surface area contributed by atoms with Crippen LogP contribution in [0.2, 0.25) is 0 Å². The first-order valence-corrected chi connectivity index (χ1v) is 16.5. The van der Waals surface area contributed by atoms with Gasteiger partial charge in [0, 0.05) is 31.4 Å². The summed E-state index contributed by atoms with van der Waals surface area (Å²) >= 11 is 1.86. The minimum absolute atomic E-state index is 0.651. The van der Waals surface area contributed by atoms with Crippen molar-refractivity contribution in [1.82, 2.24) is 0 Å². The number of para-hydroxylation sites is 3. The smallest absolute Gasteiger partial charge is 0.151 e. The molecule has 2 heterocycles. The van der Waals surface area contributed by atoms with Crippen LogP contribution in [0.25, 0.3) is 42.4 Å². The average molecular weight is 606 g/mol. The summed E-state index contributed by atoms with van der Waals surface area (Å²) < 4.78 is 9.44. The molecule has 0 atom stereocenters. The molecule has 1 aliphatic heterocycles. The number of benzene rings is 7. The molecule has 0 amide bonds. The van der Waals surface area contributed by atoms with Gasteiger partial charge in [0.2, 0.25) is 0 Å². The number of ether oxygens (including phenoxy) is 1. The molecule has 46 heavy (non-hydrogen) atoms. The van der Waals surface area contributed by atoms with Gasteiger partial charge in [-0.25, -0.2) is 0 Å². The highest BCUT2D eigenvalue weighted by molar-refractivity contribution is 7.25. The first kappa shape index (κ1) is 25.7. The Balaban J connectivity index is 1.26. The summed E-state index contributed by atoms with van der Waals surface area (Å²) in [6.07, 6.45) is 0. The maximum atomic E-state index is 6.80. The normalized spacial score (nSPS) is 14.0. The fraction of sp³-hybridized carbons (Fsp3) is 0.0233. The van der Waals surface area contributed by atoms with Gasteiger partial charge in [-0.3, -0.25) is 0 Å². The third kappa shape index (κ3) is 3.41. The molecule has 0 unspecified atom stereocenters. The zero-order valence-electron chi connectivity index (χ0n) is 24.9. The van der Waals surface area contributed by atoms with Crippen LogP contribution >= 0.6 is 11.3 Å². The Kier molecular flexibility index (Phi) is 5.40. The Labute approximate surface area is 271 Å². The summed E-state index contributed by atoms with van der Waals surface area (Å²) in [5.74, 6) is 1.71. The van der Waals surface area contributed by atoms with E-state index >= 15 is 0 Å². The standard InChI is InChI=1S/C43H27NOS/c1-4-16-34-31(12-1)32-13-2-5-17-35(32)43(34)36-18-6-8-20-38(36)45-39-21-9-7-19-37(39)44(43)29-26-24-28(25-27-29)30-15-11-23-41-42(30)33-14-3-10-22-40(33)46-41/h1-27H. The lowest BCUT2D eigenvalue weighted by atomic mass is 9.78. The zero-order valence-corrected chi connectivity index (χ0v) is 25.7. The first-order valence-electron chi connectivity index (χ1n) is 15.7. The van der Waals surface area contributed by atoms with Crippen molar-refractivity contribution in [2.75, 3.05) is 4.90 Å². The van der Waals surface area contributed by atoms with Gasteiger partial charge in [-0.1, -0.05) is 121 Å². The van der Waals surface area contributed by atoms with Crippen molar-refractivity contribution >= 4 is 42.9 Å². The number of fused-ring (bicyclic) bond motifs is 11. The summed E-state index contributed by atoms with van der Waals surface area (Å²) in [5, 5.41) is 2.64. The summed E-state index contributed by atoms with van der Waals surface area (Å²) in [6.45, 7) is 0. The molecule has 216 valence electrons. The van der Waals surface area contributed by atoms with Crippen LogP contribution in [0.3, 0.4) is 0 Å². The third-order valence-corrected chi connectivity index (χ3v) is 10.8. The second kappa shape index (κ2) is 9.68. The van der Waals surface area contributed by atoms with Crippen molar-refractivity contribution in [3.63, 3.8) is 0 Å².